The van der Waals surface area contributed by atoms with E-state index in [1.807, 2.05) is 0 Å². The lowest BCUT2D eigenvalue weighted by Crippen LogP contribution is -2.26. The average Bonchev–Trinajstić information content (AvgIpc) is 2.26. The minimum absolute atomic E-state index is 0.107. The van der Waals surface area contributed by atoms with Gasteiger partial charge in [-0.15, -0.1) is 0 Å². The highest BCUT2D eigenvalue weighted by Crippen LogP contribution is 2.04. The van der Waals surface area contributed by atoms with E-state index in [4.69, 9.17) is 5.11 Å². The van der Waals surface area contributed by atoms with Gasteiger partial charge in [0.1, 0.15) is 5.82 Å². The number of rotatable bonds is 4. The molecule has 15 heavy (non-hydrogen) atoms. The predicted molar refractivity (Wildman–Crippen MR) is 53.8 cm³/mol. The van der Waals surface area contributed by atoms with Crippen LogP contribution in [0.25, 0.3) is 0 Å². The van der Waals surface area contributed by atoms with Crippen molar-refractivity contribution < 1.29 is 14.7 Å². The molecule has 0 saturated carbocycles. The molecule has 0 aliphatic rings. The Morgan fingerprint density at radius 1 is 1.47 bits per heavy atom. The van der Waals surface area contributed by atoms with Crippen LogP contribution < -0.4 is 10.6 Å². The number of anilines is 1. The van der Waals surface area contributed by atoms with Crippen LogP contribution in [0.5, 0.6) is 0 Å². The van der Waals surface area contributed by atoms with Gasteiger partial charge in [0.05, 0.1) is 12.1 Å². The van der Waals surface area contributed by atoms with E-state index in [0.29, 0.717) is 5.82 Å². The number of pyridine rings is 1. The number of amides is 1. The summed E-state index contributed by atoms with van der Waals surface area (Å²) in [7, 11) is 1.53. The summed E-state index contributed by atoms with van der Waals surface area (Å²) < 4.78 is 0. The third-order valence-corrected chi connectivity index (χ3v) is 1.72. The maximum absolute atomic E-state index is 10.9. The zero-order valence-electron chi connectivity index (χ0n) is 8.15. The topological polar surface area (TPSA) is 91.3 Å². The molecule has 6 heteroatoms. The van der Waals surface area contributed by atoms with Gasteiger partial charge in [-0.2, -0.15) is 0 Å². The Bertz CT molecular complexity index is 361. The van der Waals surface area contributed by atoms with Crippen molar-refractivity contribution in [1.82, 2.24) is 10.3 Å². The highest BCUT2D eigenvalue weighted by molar-refractivity contribution is 5.87. The molecule has 0 bridgehead atoms. The Balaban J connectivity index is 2.57. The number of carboxylic acid groups (broad SMARTS) is 1. The number of aromatic carboxylic acids is 1. The number of hydrogen-bond acceptors (Lipinski definition) is 4. The van der Waals surface area contributed by atoms with Crippen LogP contribution in [0.1, 0.15) is 10.4 Å². The van der Waals surface area contributed by atoms with E-state index in [0.717, 1.165) is 0 Å². The maximum atomic E-state index is 10.9. The third kappa shape index (κ3) is 3.26. The minimum atomic E-state index is -1.03. The Morgan fingerprint density at radius 3 is 2.67 bits per heavy atom. The normalized spacial score (nSPS) is 9.40. The molecule has 0 spiro atoms. The van der Waals surface area contributed by atoms with Crippen molar-refractivity contribution in [3.05, 3.63) is 23.9 Å². The number of carbonyl (C=O) groups excluding carboxylic acids is 1. The SMILES string of the molecule is CNC(=O)CNc1ccc(C(=O)O)cn1. The van der Waals surface area contributed by atoms with Crippen molar-refractivity contribution >= 4 is 17.7 Å². The summed E-state index contributed by atoms with van der Waals surface area (Å²) in [6, 6.07) is 2.92. The van der Waals surface area contributed by atoms with Crippen molar-refractivity contribution in [3.8, 4) is 0 Å². The van der Waals surface area contributed by atoms with E-state index >= 15 is 0 Å². The van der Waals surface area contributed by atoms with Crippen molar-refractivity contribution in [2.45, 2.75) is 0 Å². The monoisotopic (exact) mass is 209 g/mol. The minimum Gasteiger partial charge on any atom is -0.478 e. The first kappa shape index (κ1) is 11.0. The molecule has 0 unspecified atom stereocenters. The second-order valence-electron chi connectivity index (χ2n) is 2.76. The smallest absolute Gasteiger partial charge is 0.337 e. The summed E-state index contributed by atoms with van der Waals surface area (Å²) in [5.74, 6) is -0.733. The first-order chi connectivity index (χ1) is 7.13. The van der Waals surface area contributed by atoms with Gasteiger partial charge in [0, 0.05) is 13.2 Å². The van der Waals surface area contributed by atoms with E-state index in [9.17, 15) is 9.59 Å². The van der Waals surface area contributed by atoms with Crippen molar-refractivity contribution in [1.29, 1.82) is 0 Å². The van der Waals surface area contributed by atoms with Crippen molar-refractivity contribution in [2.24, 2.45) is 0 Å². The molecule has 1 amide bonds. The summed E-state index contributed by atoms with van der Waals surface area (Å²) in [5, 5.41) is 13.8. The summed E-state index contributed by atoms with van der Waals surface area (Å²) >= 11 is 0. The average molecular weight is 209 g/mol. The molecule has 0 radical (unpaired) electrons. The number of likely N-dealkylation sites (N-methyl/N-ethyl adjacent to an activating group) is 1. The van der Waals surface area contributed by atoms with Gasteiger partial charge in [-0.25, -0.2) is 9.78 Å². The Morgan fingerprint density at radius 2 is 2.20 bits per heavy atom. The van der Waals surface area contributed by atoms with Crippen LogP contribution in [0.4, 0.5) is 5.82 Å². The number of nitrogens with one attached hydrogen (secondary N) is 2. The van der Waals surface area contributed by atoms with E-state index in [-0.39, 0.29) is 18.0 Å². The van der Waals surface area contributed by atoms with Crippen molar-refractivity contribution in [2.75, 3.05) is 18.9 Å². The summed E-state index contributed by atoms with van der Waals surface area (Å²) in [5.41, 5.74) is 0.112. The fourth-order valence-electron chi connectivity index (χ4n) is 0.884. The van der Waals surface area contributed by atoms with Gasteiger partial charge in [-0.3, -0.25) is 4.79 Å². The van der Waals surface area contributed by atoms with Crippen molar-refractivity contribution in [3.63, 3.8) is 0 Å². The zero-order chi connectivity index (χ0) is 11.3. The van der Waals surface area contributed by atoms with Gasteiger partial charge in [-0.1, -0.05) is 0 Å². The quantitative estimate of drug-likeness (QED) is 0.646. The lowest BCUT2D eigenvalue weighted by Gasteiger charge is -2.03. The van der Waals surface area contributed by atoms with Gasteiger partial charge in [-0.05, 0) is 12.1 Å². The summed E-state index contributed by atoms with van der Waals surface area (Å²) in [6.07, 6.45) is 1.23. The number of carboxylic acids is 1. The molecule has 6 nitrogen and oxygen atoms in total. The standard InChI is InChI=1S/C9H11N3O3/c1-10-8(13)5-12-7-3-2-6(4-11-7)9(14)15/h2-4H,5H2,1H3,(H,10,13)(H,11,12)(H,14,15). The Labute approximate surface area is 86.3 Å². The van der Waals surface area contributed by atoms with Crippen LogP contribution in [-0.4, -0.2) is 35.6 Å². The molecule has 1 heterocycles. The van der Waals surface area contributed by atoms with Gasteiger partial charge >= 0.3 is 5.97 Å². The van der Waals surface area contributed by atoms with E-state index < -0.39 is 5.97 Å². The Hall–Kier alpha value is -2.11. The van der Waals surface area contributed by atoms with Crippen LogP contribution in [0.3, 0.4) is 0 Å². The van der Waals surface area contributed by atoms with Gasteiger partial charge in [0.2, 0.25) is 5.91 Å². The third-order valence-electron chi connectivity index (χ3n) is 1.72. The predicted octanol–water partition coefficient (Wildman–Crippen LogP) is -0.0623. The molecular weight excluding hydrogens is 198 g/mol. The fraction of sp³-hybridized carbons (Fsp3) is 0.222. The fourth-order valence-corrected chi connectivity index (χ4v) is 0.884. The number of nitrogens with zero attached hydrogens (tertiary/aromatic N) is 1. The molecule has 1 rings (SSSR count). The highest BCUT2D eigenvalue weighted by Gasteiger charge is 2.03. The molecule has 0 saturated heterocycles. The number of carbonyl (C=O) groups is 2. The molecule has 80 valence electrons. The molecule has 0 aliphatic carbocycles. The van der Waals surface area contributed by atoms with Crippen LogP contribution in [0, 0.1) is 0 Å². The van der Waals surface area contributed by atoms with E-state index in [2.05, 4.69) is 15.6 Å². The lowest BCUT2D eigenvalue weighted by atomic mass is 10.3. The van der Waals surface area contributed by atoms with E-state index in [1.165, 1.54) is 25.4 Å². The second kappa shape index (κ2) is 4.94. The Kier molecular flexibility index (Phi) is 3.61. The molecule has 3 N–H and O–H groups in total. The van der Waals surface area contributed by atoms with Crippen LogP contribution in [0.2, 0.25) is 0 Å². The molecular formula is C9H11N3O3. The maximum Gasteiger partial charge on any atom is 0.337 e. The molecule has 0 fully saturated rings. The molecule has 1 aromatic heterocycles. The second-order valence-corrected chi connectivity index (χ2v) is 2.76. The van der Waals surface area contributed by atoms with Gasteiger partial charge in [0.15, 0.2) is 0 Å². The lowest BCUT2D eigenvalue weighted by molar-refractivity contribution is -0.118. The zero-order valence-corrected chi connectivity index (χ0v) is 8.15. The first-order valence-corrected chi connectivity index (χ1v) is 4.27. The van der Waals surface area contributed by atoms with Crippen LogP contribution >= 0.6 is 0 Å². The highest BCUT2D eigenvalue weighted by atomic mass is 16.4. The largest absolute Gasteiger partial charge is 0.478 e. The van der Waals surface area contributed by atoms with Crippen LogP contribution in [0.15, 0.2) is 18.3 Å². The summed E-state index contributed by atoms with van der Waals surface area (Å²) in [6.45, 7) is 0.107. The molecule has 0 atom stereocenters. The van der Waals surface area contributed by atoms with Gasteiger partial charge in [0.25, 0.3) is 0 Å². The van der Waals surface area contributed by atoms with E-state index in [1.54, 1.807) is 0 Å². The molecule has 0 aromatic carbocycles. The molecule has 1 aromatic rings. The van der Waals surface area contributed by atoms with Gasteiger partial charge < -0.3 is 15.7 Å². The summed E-state index contributed by atoms with van der Waals surface area (Å²) in [4.78, 5) is 25.2. The van der Waals surface area contributed by atoms with Crippen LogP contribution in [-0.2, 0) is 4.79 Å². The molecule has 0 aliphatic heterocycles. The first-order valence-electron chi connectivity index (χ1n) is 4.27. The number of hydrogen-bond donors (Lipinski definition) is 3. The number of aromatic nitrogens is 1.